The molecule has 0 unspecified atom stereocenters. The van der Waals surface area contributed by atoms with Crippen molar-refractivity contribution >= 4 is 11.6 Å². The molecule has 2 N–H and O–H groups in total. The fraction of sp³-hybridized carbons (Fsp3) is 0.500. The SMILES string of the molecule is CNCc1cnc(Nc2ccc(OC)c(OCCCN3CCCC3)c2)nc1. The van der Waals surface area contributed by atoms with Crippen LogP contribution in [0, 0.1) is 0 Å². The van der Waals surface area contributed by atoms with Crippen molar-refractivity contribution in [2.45, 2.75) is 25.8 Å². The van der Waals surface area contributed by atoms with Crippen molar-refractivity contribution in [2.24, 2.45) is 0 Å². The third-order valence-electron chi connectivity index (χ3n) is 4.58. The molecule has 2 heterocycles. The molecule has 0 bridgehead atoms. The van der Waals surface area contributed by atoms with Crippen LogP contribution in [0.15, 0.2) is 30.6 Å². The van der Waals surface area contributed by atoms with Crippen LogP contribution in [0.25, 0.3) is 0 Å². The predicted octanol–water partition coefficient (Wildman–Crippen LogP) is 2.81. The summed E-state index contributed by atoms with van der Waals surface area (Å²) in [4.78, 5) is 11.2. The molecule has 1 fully saturated rings. The smallest absolute Gasteiger partial charge is 0.227 e. The highest BCUT2D eigenvalue weighted by molar-refractivity contribution is 5.59. The molecular formula is C20H29N5O2. The summed E-state index contributed by atoms with van der Waals surface area (Å²) >= 11 is 0. The van der Waals surface area contributed by atoms with E-state index in [1.165, 1.54) is 25.9 Å². The van der Waals surface area contributed by atoms with Crippen molar-refractivity contribution < 1.29 is 9.47 Å². The standard InChI is InChI=1S/C20H29N5O2/c1-21-13-16-14-22-20(23-15-16)24-17-6-7-18(26-2)19(12-17)27-11-5-10-25-8-3-4-9-25/h6-7,12,14-15,21H,3-5,8-11,13H2,1-2H3,(H,22,23,24). The Hall–Kier alpha value is -2.38. The Kier molecular flexibility index (Phi) is 7.24. The average molecular weight is 371 g/mol. The Morgan fingerprint density at radius 3 is 2.59 bits per heavy atom. The van der Waals surface area contributed by atoms with Gasteiger partial charge in [-0.2, -0.15) is 0 Å². The van der Waals surface area contributed by atoms with Crippen LogP contribution < -0.4 is 20.1 Å². The van der Waals surface area contributed by atoms with Gasteiger partial charge in [0, 0.05) is 42.8 Å². The van der Waals surface area contributed by atoms with Crippen molar-refractivity contribution in [1.82, 2.24) is 20.2 Å². The van der Waals surface area contributed by atoms with Gasteiger partial charge in [0.2, 0.25) is 5.95 Å². The van der Waals surface area contributed by atoms with Gasteiger partial charge in [-0.25, -0.2) is 9.97 Å². The number of rotatable bonds is 10. The minimum Gasteiger partial charge on any atom is -0.493 e. The Morgan fingerprint density at radius 2 is 1.89 bits per heavy atom. The lowest BCUT2D eigenvalue weighted by Gasteiger charge is -2.16. The van der Waals surface area contributed by atoms with E-state index in [0.29, 0.717) is 12.6 Å². The minimum absolute atomic E-state index is 0.556. The predicted molar refractivity (Wildman–Crippen MR) is 107 cm³/mol. The maximum atomic E-state index is 5.98. The zero-order valence-corrected chi connectivity index (χ0v) is 16.2. The molecule has 3 rings (SSSR count). The van der Waals surface area contributed by atoms with Gasteiger partial charge in [0.1, 0.15) is 0 Å². The number of nitrogens with zero attached hydrogens (tertiary/aromatic N) is 3. The monoisotopic (exact) mass is 371 g/mol. The van der Waals surface area contributed by atoms with Gasteiger partial charge in [-0.1, -0.05) is 0 Å². The number of nitrogens with one attached hydrogen (secondary N) is 2. The highest BCUT2D eigenvalue weighted by Gasteiger charge is 2.11. The van der Waals surface area contributed by atoms with Gasteiger partial charge in [-0.05, 0) is 51.5 Å². The van der Waals surface area contributed by atoms with E-state index in [0.717, 1.165) is 42.3 Å². The van der Waals surface area contributed by atoms with Gasteiger partial charge < -0.3 is 25.0 Å². The number of ether oxygens (including phenoxy) is 2. The van der Waals surface area contributed by atoms with E-state index in [9.17, 15) is 0 Å². The molecule has 1 aliphatic heterocycles. The number of aromatic nitrogens is 2. The lowest BCUT2D eigenvalue weighted by molar-refractivity contribution is 0.254. The highest BCUT2D eigenvalue weighted by atomic mass is 16.5. The van der Waals surface area contributed by atoms with Crippen LogP contribution in [0.2, 0.25) is 0 Å². The molecule has 146 valence electrons. The Labute approximate surface area is 161 Å². The molecule has 0 radical (unpaired) electrons. The first-order chi connectivity index (χ1) is 13.3. The fourth-order valence-electron chi connectivity index (χ4n) is 3.19. The second kappa shape index (κ2) is 10.1. The summed E-state index contributed by atoms with van der Waals surface area (Å²) in [5.41, 5.74) is 1.91. The molecule has 0 saturated carbocycles. The van der Waals surface area contributed by atoms with Crippen molar-refractivity contribution in [2.75, 3.05) is 45.7 Å². The van der Waals surface area contributed by atoms with Crippen LogP contribution in [-0.4, -0.2) is 55.3 Å². The van der Waals surface area contributed by atoms with Gasteiger partial charge in [0.25, 0.3) is 0 Å². The largest absolute Gasteiger partial charge is 0.493 e. The maximum absolute atomic E-state index is 5.98. The van der Waals surface area contributed by atoms with E-state index in [4.69, 9.17) is 9.47 Å². The lowest BCUT2D eigenvalue weighted by Crippen LogP contribution is -2.21. The summed E-state index contributed by atoms with van der Waals surface area (Å²) in [6, 6.07) is 5.76. The van der Waals surface area contributed by atoms with Crippen LogP contribution in [0.5, 0.6) is 11.5 Å². The molecule has 1 aromatic heterocycles. The molecule has 0 atom stereocenters. The summed E-state index contributed by atoms with van der Waals surface area (Å²) < 4.78 is 11.4. The third-order valence-corrected chi connectivity index (χ3v) is 4.58. The molecule has 7 heteroatoms. The molecule has 7 nitrogen and oxygen atoms in total. The number of benzene rings is 1. The van der Waals surface area contributed by atoms with Crippen LogP contribution in [0.4, 0.5) is 11.6 Å². The number of methoxy groups -OCH3 is 1. The van der Waals surface area contributed by atoms with Gasteiger partial charge in [-0.15, -0.1) is 0 Å². The van der Waals surface area contributed by atoms with Gasteiger partial charge in [-0.3, -0.25) is 0 Å². The summed E-state index contributed by atoms with van der Waals surface area (Å²) in [6.45, 7) is 4.95. The number of likely N-dealkylation sites (tertiary alicyclic amines) is 1. The lowest BCUT2D eigenvalue weighted by atomic mass is 10.2. The summed E-state index contributed by atoms with van der Waals surface area (Å²) in [7, 11) is 3.55. The number of hydrogen-bond acceptors (Lipinski definition) is 7. The normalized spacial score (nSPS) is 14.3. The zero-order chi connectivity index (χ0) is 18.9. The topological polar surface area (TPSA) is 71.5 Å². The molecule has 0 amide bonds. The molecule has 0 spiro atoms. The Morgan fingerprint density at radius 1 is 1.11 bits per heavy atom. The van der Waals surface area contributed by atoms with E-state index < -0.39 is 0 Å². The van der Waals surface area contributed by atoms with Gasteiger partial charge in [0.05, 0.1) is 13.7 Å². The molecule has 2 aromatic rings. The van der Waals surface area contributed by atoms with Crippen LogP contribution in [0.3, 0.4) is 0 Å². The third kappa shape index (κ3) is 5.80. The van der Waals surface area contributed by atoms with E-state index >= 15 is 0 Å². The molecule has 0 aliphatic carbocycles. The minimum atomic E-state index is 0.556. The maximum Gasteiger partial charge on any atom is 0.227 e. The number of hydrogen-bond donors (Lipinski definition) is 2. The van der Waals surface area contributed by atoms with Gasteiger partial charge in [0.15, 0.2) is 11.5 Å². The highest BCUT2D eigenvalue weighted by Crippen LogP contribution is 2.31. The molecular weight excluding hydrogens is 342 g/mol. The molecule has 1 saturated heterocycles. The van der Waals surface area contributed by atoms with E-state index in [1.54, 1.807) is 7.11 Å². The summed E-state index contributed by atoms with van der Waals surface area (Å²) in [6.07, 6.45) is 7.27. The van der Waals surface area contributed by atoms with Crippen molar-refractivity contribution in [3.8, 4) is 11.5 Å². The number of anilines is 2. The second-order valence-electron chi connectivity index (χ2n) is 6.69. The van der Waals surface area contributed by atoms with Crippen molar-refractivity contribution in [1.29, 1.82) is 0 Å². The summed E-state index contributed by atoms with van der Waals surface area (Å²) in [5.74, 6) is 2.02. The Balaban J connectivity index is 1.56. The van der Waals surface area contributed by atoms with Crippen LogP contribution >= 0.6 is 0 Å². The second-order valence-corrected chi connectivity index (χ2v) is 6.69. The van der Waals surface area contributed by atoms with Gasteiger partial charge >= 0.3 is 0 Å². The van der Waals surface area contributed by atoms with E-state index in [-0.39, 0.29) is 0 Å². The van der Waals surface area contributed by atoms with Crippen LogP contribution in [-0.2, 0) is 6.54 Å². The molecule has 1 aromatic carbocycles. The van der Waals surface area contributed by atoms with Crippen molar-refractivity contribution in [3.63, 3.8) is 0 Å². The molecule has 1 aliphatic rings. The van der Waals surface area contributed by atoms with E-state index in [1.807, 2.05) is 37.6 Å². The average Bonchev–Trinajstić information content (AvgIpc) is 3.21. The zero-order valence-electron chi connectivity index (χ0n) is 16.2. The Bertz CT molecular complexity index is 702. The fourth-order valence-corrected chi connectivity index (χ4v) is 3.19. The quantitative estimate of drug-likeness (QED) is 0.622. The first-order valence-corrected chi connectivity index (χ1v) is 9.54. The summed E-state index contributed by atoms with van der Waals surface area (Å²) in [5, 5.41) is 6.30. The van der Waals surface area contributed by atoms with Crippen molar-refractivity contribution in [3.05, 3.63) is 36.2 Å². The van der Waals surface area contributed by atoms with E-state index in [2.05, 4.69) is 25.5 Å². The first kappa shape index (κ1) is 19.4. The first-order valence-electron chi connectivity index (χ1n) is 9.54. The molecule has 27 heavy (non-hydrogen) atoms. The van der Waals surface area contributed by atoms with Crippen LogP contribution in [0.1, 0.15) is 24.8 Å².